The van der Waals surface area contributed by atoms with Gasteiger partial charge in [-0.25, -0.2) is 4.98 Å². The van der Waals surface area contributed by atoms with Gasteiger partial charge in [0.1, 0.15) is 11.5 Å². The minimum absolute atomic E-state index is 0.129. The predicted octanol–water partition coefficient (Wildman–Crippen LogP) is 2.81. The highest BCUT2D eigenvalue weighted by Gasteiger charge is 2.20. The van der Waals surface area contributed by atoms with E-state index in [-0.39, 0.29) is 11.3 Å². The van der Waals surface area contributed by atoms with E-state index in [0.717, 1.165) is 5.56 Å². The van der Waals surface area contributed by atoms with Gasteiger partial charge in [-0.1, -0.05) is 30.3 Å². The fraction of sp³-hybridized carbons (Fsp3) is 0. The van der Waals surface area contributed by atoms with Gasteiger partial charge in [-0.3, -0.25) is 9.59 Å². The Morgan fingerprint density at radius 1 is 1.09 bits per heavy atom. The molecule has 0 fully saturated rings. The molecule has 3 aromatic heterocycles. The lowest BCUT2D eigenvalue weighted by Crippen LogP contribution is -2.19. The molecule has 5 aromatic rings. The number of benzene rings is 2. The summed E-state index contributed by atoms with van der Waals surface area (Å²) in [7, 11) is 0. The zero-order valence-electron chi connectivity index (χ0n) is 16.5. The number of aromatic amines is 1. The van der Waals surface area contributed by atoms with E-state index in [4.69, 9.17) is 4.42 Å². The molecule has 32 heavy (non-hydrogen) atoms. The molecule has 10 nitrogen and oxygen atoms in total. The van der Waals surface area contributed by atoms with Crippen molar-refractivity contribution in [2.75, 3.05) is 5.32 Å². The van der Waals surface area contributed by atoms with E-state index in [1.54, 1.807) is 30.3 Å². The summed E-state index contributed by atoms with van der Waals surface area (Å²) in [6, 6.07) is 17.6. The van der Waals surface area contributed by atoms with Crippen molar-refractivity contribution in [2.45, 2.75) is 0 Å². The molecule has 10 heteroatoms. The summed E-state index contributed by atoms with van der Waals surface area (Å²) < 4.78 is 6.73. The molecule has 0 aliphatic heterocycles. The molecule has 0 bridgehead atoms. The molecule has 1 amide bonds. The summed E-state index contributed by atoms with van der Waals surface area (Å²) in [5, 5.41) is 15.0. The van der Waals surface area contributed by atoms with Crippen molar-refractivity contribution >= 4 is 34.3 Å². The standard InChI is InChI=1S/C22H15N7O3/c30-21-17-11-15(8-9-18(17)23-13-24-21)25-22(31)19(12-16-7-4-10-32-16)29-20(26-27-28-29)14-5-2-1-3-6-14/h1-13H,(H,25,31)(H,23,24,30)/b19-12+. The molecule has 0 unspecified atom stereocenters. The summed E-state index contributed by atoms with van der Waals surface area (Å²) in [4.78, 5) is 32.0. The predicted molar refractivity (Wildman–Crippen MR) is 117 cm³/mol. The number of H-pyrrole nitrogens is 1. The highest BCUT2D eigenvalue weighted by Crippen LogP contribution is 2.22. The molecular weight excluding hydrogens is 410 g/mol. The summed E-state index contributed by atoms with van der Waals surface area (Å²) >= 11 is 0. The van der Waals surface area contributed by atoms with Crippen LogP contribution in [0.3, 0.4) is 0 Å². The van der Waals surface area contributed by atoms with Crippen LogP contribution >= 0.6 is 0 Å². The summed E-state index contributed by atoms with van der Waals surface area (Å²) in [5.74, 6) is 0.340. The van der Waals surface area contributed by atoms with Gasteiger partial charge in [-0.15, -0.1) is 5.10 Å². The Bertz CT molecular complexity index is 1490. The molecule has 5 rings (SSSR count). The highest BCUT2D eigenvalue weighted by molar-refractivity contribution is 6.24. The molecule has 2 aromatic carbocycles. The number of hydrogen-bond acceptors (Lipinski definition) is 7. The van der Waals surface area contributed by atoms with Crippen LogP contribution in [0, 0.1) is 0 Å². The van der Waals surface area contributed by atoms with Crippen LogP contribution < -0.4 is 10.9 Å². The first-order valence-electron chi connectivity index (χ1n) is 9.57. The number of tetrazole rings is 1. The van der Waals surface area contributed by atoms with E-state index in [9.17, 15) is 9.59 Å². The Balaban J connectivity index is 1.56. The minimum Gasteiger partial charge on any atom is -0.465 e. The van der Waals surface area contributed by atoms with Crippen LogP contribution in [0.1, 0.15) is 5.76 Å². The smallest absolute Gasteiger partial charge is 0.274 e. The summed E-state index contributed by atoms with van der Waals surface area (Å²) in [6.07, 6.45) is 4.37. The van der Waals surface area contributed by atoms with Gasteiger partial charge in [0.25, 0.3) is 11.5 Å². The second kappa shape index (κ2) is 8.11. The zero-order valence-corrected chi connectivity index (χ0v) is 16.5. The van der Waals surface area contributed by atoms with E-state index in [2.05, 4.69) is 30.8 Å². The van der Waals surface area contributed by atoms with Crippen molar-refractivity contribution in [1.29, 1.82) is 0 Å². The topological polar surface area (TPSA) is 132 Å². The van der Waals surface area contributed by atoms with Crippen molar-refractivity contribution in [3.8, 4) is 11.4 Å². The van der Waals surface area contributed by atoms with Crippen molar-refractivity contribution < 1.29 is 9.21 Å². The Labute approximate surface area is 180 Å². The third-order valence-corrected chi connectivity index (χ3v) is 4.68. The Hall–Kier alpha value is -4.86. The number of amides is 1. The number of rotatable bonds is 5. The monoisotopic (exact) mass is 425 g/mol. The SMILES string of the molecule is O=C(Nc1ccc2nc[nH]c(=O)c2c1)/C(=C\c1ccco1)n1nnnc1-c1ccccc1. The van der Waals surface area contributed by atoms with Crippen molar-refractivity contribution in [1.82, 2.24) is 30.2 Å². The first-order chi connectivity index (χ1) is 15.7. The van der Waals surface area contributed by atoms with E-state index in [1.165, 1.54) is 23.3 Å². The average molecular weight is 425 g/mol. The van der Waals surface area contributed by atoms with Gasteiger partial charge in [-0.2, -0.15) is 4.68 Å². The van der Waals surface area contributed by atoms with E-state index in [1.807, 2.05) is 30.3 Å². The molecule has 0 atom stereocenters. The molecule has 156 valence electrons. The summed E-state index contributed by atoms with van der Waals surface area (Å²) in [6.45, 7) is 0. The number of nitrogens with one attached hydrogen (secondary N) is 2. The normalized spacial score (nSPS) is 11.6. The van der Waals surface area contributed by atoms with E-state index >= 15 is 0 Å². The van der Waals surface area contributed by atoms with Gasteiger partial charge in [0.05, 0.1) is 23.5 Å². The fourth-order valence-electron chi connectivity index (χ4n) is 3.19. The average Bonchev–Trinajstić information content (AvgIpc) is 3.51. The maximum atomic E-state index is 13.3. The van der Waals surface area contributed by atoms with Gasteiger partial charge >= 0.3 is 0 Å². The Kier molecular flexibility index (Phi) is 4.85. The summed E-state index contributed by atoms with van der Waals surface area (Å²) in [5.41, 5.74) is 1.50. The maximum Gasteiger partial charge on any atom is 0.274 e. The number of nitrogens with zero attached hydrogens (tertiary/aromatic N) is 5. The molecule has 0 aliphatic carbocycles. The van der Waals surface area contributed by atoms with Crippen LogP contribution in [0.2, 0.25) is 0 Å². The van der Waals surface area contributed by atoms with Gasteiger partial charge in [0.15, 0.2) is 5.82 Å². The first-order valence-corrected chi connectivity index (χ1v) is 9.57. The molecule has 0 saturated carbocycles. The number of anilines is 1. The molecule has 2 N–H and O–H groups in total. The molecule has 3 heterocycles. The van der Waals surface area contributed by atoms with Crippen molar-refractivity contribution in [3.05, 3.63) is 89.4 Å². The van der Waals surface area contributed by atoms with Gasteiger partial charge in [0, 0.05) is 17.3 Å². The second-order valence-corrected chi connectivity index (χ2v) is 6.74. The largest absolute Gasteiger partial charge is 0.465 e. The van der Waals surface area contributed by atoms with Gasteiger partial charge in [-0.05, 0) is 40.8 Å². The number of hydrogen-bond donors (Lipinski definition) is 2. The highest BCUT2D eigenvalue weighted by atomic mass is 16.3. The van der Waals surface area contributed by atoms with Gasteiger partial charge in [0.2, 0.25) is 0 Å². The quantitative estimate of drug-likeness (QED) is 0.414. The lowest BCUT2D eigenvalue weighted by Gasteiger charge is -2.11. The minimum atomic E-state index is -0.495. The first kappa shape index (κ1) is 19.1. The van der Waals surface area contributed by atoms with Gasteiger partial charge < -0.3 is 14.7 Å². The number of carbonyl (C=O) groups is 1. The molecule has 0 spiro atoms. The lowest BCUT2D eigenvalue weighted by atomic mass is 10.2. The van der Waals surface area contributed by atoms with Crippen molar-refractivity contribution in [3.63, 3.8) is 0 Å². The Morgan fingerprint density at radius 3 is 2.78 bits per heavy atom. The number of furan rings is 1. The molecule has 0 saturated heterocycles. The van der Waals surface area contributed by atoms with Crippen molar-refractivity contribution in [2.24, 2.45) is 0 Å². The van der Waals surface area contributed by atoms with E-state index in [0.29, 0.717) is 28.2 Å². The second-order valence-electron chi connectivity index (χ2n) is 6.74. The van der Waals surface area contributed by atoms with Crippen LogP contribution in [0.5, 0.6) is 0 Å². The van der Waals surface area contributed by atoms with Crippen LogP contribution in [-0.2, 0) is 4.79 Å². The Morgan fingerprint density at radius 2 is 1.97 bits per heavy atom. The van der Waals surface area contributed by atoms with Crippen LogP contribution in [-0.4, -0.2) is 36.1 Å². The fourth-order valence-corrected chi connectivity index (χ4v) is 3.19. The lowest BCUT2D eigenvalue weighted by molar-refractivity contribution is -0.111. The molecule has 0 aliphatic rings. The third kappa shape index (κ3) is 3.67. The van der Waals surface area contributed by atoms with E-state index < -0.39 is 5.91 Å². The number of fused-ring (bicyclic) bond motifs is 1. The molecular formula is C22H15N7O3. The van der Waals surface area contributed by atoms with Crippen LogP contribution in [0.25, 0.3) is 34.1 Å². The number of carbonyl (C=O) groups excluding carboxylic acids is 1. The zero-order chi connectivity index (χ0) is 21.9. The maximum absolute atomic E-state index is 13.3. The third-order valence-electron chi connectivity index (χ3n) is 4.68. The molecule has 0 radical (unpaired) electrons. The van der Waals surface area contributed by atoms with Crippen LogP contribution in [0.4, 0.5) is 5.69 Å². The number of aromatic nitrogens is 6. The van der Waals surface area contributed by atoms with Crippen LogP contribution in [0.15, 0.2) is 82.5 Å².